The molecule has 5 rings (SSSR count). The fourth-order valence-electron chi connectivity index (χ4n) is 4.45. The summed E-state index contributed by atoms with van der Waals surface area (Å²) in [4.78, 5) is 9.13. The summed E-state index contributed by atoms with van der Waals surface area (Å²) in [7, 11) is 0. The molecular weight excluding hydrogens is 364 g/mol. The van der Waals surface area contributed by atoms with Crippen LogP contribution in [0.5, 0.6) is 0 Å². The van der Waals surface area contributed by atoms with Gasteiger partial charge in [0, 0.05) is 57.6 Å². The first-order valence-corrected chi connectivity index (χ1v) is 10.4. The van der Waals surface area contributed by atoms with Gasteiger partial charge in [-0.2, -0.15) is 10.2 Å². The summed E-state index contributed by atoms with van der Waals surface area (Å²) in [6, 6.07) is 8.50. The van der Waals surface area contributed by atoms with Crippen molar-refractivity contribution >= 4 is 5.82 Å². The van der Waals surface area contributed by atoms with Crippen molar-refractivity contribution in [3.8, 4) is 0 Å². The van der Waals surface area contributed by atoms with Crippen molar-refractivity contribution in [3.05, 3.63) is 58.8 Å². The van der Waals surface area contributed by atoms with Crippen LogP contribution >= 0.6 is 0 Å². The number of aryl methyl sites for hydroxylation is 2. The molecule has 29 heavy (non-hydrogen) atoms. The Hall–Kier alpha value is -2.71. The normalized spacial score (nSPS) is 17.7. The molecule has 0 radical (unpaired) electrons. The lowest BCUT2D eigenvalue weighted by Gasteiger charge is -2.26. The Labute approximate surface area is 170 Å². The molecule has 0 atom stereocenters. The predicted octanol–water partition coefficient (Wildman–Crippen LogP) is 1.79. The van der Waals surface area contributed by atoms with Crippen molar-refractivity contribution in [1.29, 1.82) is 0 Å². The zero-order valence-electron chi connectivity index (χ0n) is 17.0. The average molecular weight is 393 g/mol. The van der Waals surface area contributed by atoms with E-state index in [1.165, 1.54) is 11.4 Å². The Morgan fingerprint density at radius 2 is 1.72 bits per heavy atom. The molecule has 8 nitrogen and oxygen atoms in total. The monoisotopic (exact) mass is 392 g/mol. The molecule has 0 fully saturated rings. The number of nitrogens with two attached hydrogens (primary N) is 1. The van der Waals surface area contributed by atoms with Crippen LogP contribution < -0.4 is 5.73 Å². The van der Waals surface area contributed by atoms with Gasteiger partial charge in [-0.15, -0.1) is 0 Å². The Kier molecular flexibility index (Phi) is 4.81. The van der Waals surface area contributed by atoms with Gasteiger partial charge in [-0.3, -0.25) is 19.2 Å². The van der Waals surface area contributed by atoms with E-state index in [0.29, 0.717) is 5.82 Å². The summed E-state index contributed by atoms with van der Waals surface area (Å²) >= 11 is 0. The average Bonchev–Trinajstić information content (AvgIpc) is 3.19. The van der Waals surface area contributed by atoms with Gasteiger partial charge in [0.25, 0.3) is 0 Å². The smallest absolute Gasteiger partial charge is 0.127 e. The first-order chi connectivity index (χ1) is 14.1. The van der Waals surface area contributed by atoms with Gasteiger partial charge < -0.3 is 5.73 Å². The van der Waals surface area contributed by atoms with Crippen LogP contribution in [-0.2, 0) is 39.3 Å². The van der Waals surface area contributed by atoms with E-state index in [1.54, 1.807) is 6.20 Å². The molecule has 3 aromatic rings. The highest BCUT2D eigenvalue weighted by Gasteiger charge is 2.21. The van der Waals surface area contributed by atoms with Gasteiger partial charge in [0.1, 0.15) is 5.82 Å². The van der Waals surface area contributed by atoms with Gasteiger partial charge in [0.2, 0.25) is 0 Å². The lowest BCUT2D eigenvalue weighted by atomic mass is 10.2. The topological polar surface area (TPSA) is 81.0 Å². The second kappa shape index (κ2) is 7.61. The molecule has 2 aliphatic rings. The highest BCUT2D eigenvalue weighted by molar-refractivity contribution is 5.38. The molecule has 2 aliphatic heterocycles. The van der Waals surface area contributed by atoms with Crippen LogP contribution in [0.3, 0.4) is 0 Å². The molecule has 0 amide bonds. The molecule has 2 N–H and O–H groups in total. The van der Waals surface area contributed by atoms with Gasteiger partial charge in [-0.1, -0.05) is 6.07 Å². The minimum absolute atomic E-state index is 0.630. The Morgan fingerprint density at radius 1 is 0.931 bits per heavy atom. The number of rotatable bonds is 4. The molecular formula is C21H28N8. The molecule has 0 saturated heterocycles. The summed E-state index contributed by atoms with van der Waals surface area (Å²) in [6.07, 6.45) is 2.84. The van der Waals surface area contributed by atoms with Crippen molar-refractivity contribution in [3.63, 3.8) is 0 Å². The molecule has 0 aliphatic carbocycles. The van der Waals surface area contributed by atoms with E-state index in [4.69, 9.17) is 10.8 Å². The Bertz CT molecular complexity index is 1000. The van der Waals surface area contributed by atoms with E-state index in [0.717, 1.165) is 75.7 Å². The van der Waals surface area contributed by atoms with Crippen LogP contribution in [0.25, 0.3) is 0 Å². The van der Waals surface area contributed by atoms with Crippen LogP contribution in [-0.4, -0.2) is 47.4 Å². The van der Waals surface area contributed by atoms with E-state index < -0.39 is 0 Å². The third-order valence-corrected chi connectivity index (χ3v) is 5.85. The predicted molar refractivity (Wildman–Crippen MR) is 111 cm³/mol. The van der Waals surface area contributed by atoms with Crippen molar-refractivity contribution in [2.24, 2.45) is 0 Å². The van der Waals surface area contributed by atoms with Crippen molar-refractivity contribution < 1.29 is 0 Å². The van der Waals surface area contributed by atoms with Crippen LogP contribution in [0.2, 0.25) is 0 Å². The summed E-state index contributed by atoms with van der Waals surface area (Å²) < 4.78 is 4.33. The fraction of sp³-hybridized carbons (Fsp3) is 0.476. The minimum atomic E-state index is 0.630. The maximum Gasteiger partial charge on any atom is 0.127 e. The molecule has 152 valence electrons. The van der Waals surface area contributed by atoms with Crippen LogP contribution in [0.4, 0.5) is 5.82 Å². The van der Waals surface area contributed by atoms with Gasteiger partial charge in [-0.05, 0) is 31.5 Å². The Morgan fingerprint density at radius 3 is 2.59 bits per heavy atom. The number of hydrogen-bond donors (Lipinski definition) is 1. The minimum Gasteiger partial charge on any atom is -0.383 e. The van der Waals surface area contributed by atoms with Crippen LogP contribution in [0, 0.1) is 6.92 Å². The Balaban J connectivity index is 1.27. The standard InChI is InChI=1S/C21H28N8/c1-16-10-19-14-27(8-9-29(19)24-16)13-18-11-20-15-26(6-3-7-28(20)25-18)12-17-4-2-5-23-21(17)22/h2,4-5,10-11H,3,6-9,12-15H2,1H3,(H2,22,23). The van der Waals surface area contributed by atoms with E-state index in [-0.39, 0.29) is 0 Å². The van der Waals surface area contributed by atoms with Gasteiger partial charge in [0.15, 0.2) is 0 Å². The van der Waals surface area contributed by atoms with Crippen molar-refractivity contribution in [1.82, 2.24) is 34.3 Å². The molecule has 0 spiro atoms. The molecule has 8 heteroatoms. The van der Waals surface area contributed by atoms with Crippen molar-refractivity contribution in [2.45, 2.75) is 52.6 Å². The van der Waals surface area contributed by atoms with Crippen LogP contribution in [0.1, 0.15) is 34.8 Å². The molecule has 0 saturated carbocycles. The quantitative estimate of drug-likeness (QED) is 0.729. The van der Waals surface area contributed by atoms with E-state index in [2.05, 4.69) is 54.4 Å². The highest BCUT2D eigenvalue weighted by Crippen LogP contribution is 2.20. The van der Waals surface area contributed by atoms with Gasteiger partial charge >= 0.3 is 0 Å². The van der Waals surface area contributed by atoms with Crippen LogP contribution in [0.15, 0.2) is 30.5 Å². The second-order valence-electron chi connectivity index (χ2n) is 8.17. The molecule has 5 heterocycles. The summed E-state index contributed by atoms with van der Waals surface area (Å²) in [5.41, 5.74) is 12.0. The maximum atomic E-state index is 6.05. The van der Waals surface area contributed by atoms with Gasteiger partial charge in [-0.25, -0.2) is 4.98 Å². The first kappa shape index (κ1) is 18.3. The largest absolute Gasteiger partial charge is 0.383 e. The number of aromatic nitrogens is 5. The third kappa shape index (κ3) is 3.90. The zero-order valence-corrected chi connectivity index (χ0v) is 17.0. The summed E-state index contributed by atoms with van der Waals surface area (Å²) in [5, 5.41) is 9.47. The molecule has 0 bridgehead atoms. The van der Waals surface area contributed by atoms with E-state index >= 15 is 0 Å². The summed E-state index contributed by atoms with van der Waals surface area (Å²) in [6.45, 7) is 9.60. The number of hydrogen-bond acceptors (Lipinski definition) is 6. The third-order valence-electron chi connectivity index (χ3n) is 5.85. The number of anilines is 1. The van der Waals surface area contributed by atoms with Crippen molar-refractivity contribution in [2.75, 3.05) is 18.8 Å². The summed E-state index contributed by atoms with van der Waals surface area (Å²) in [5.74, 6) is 0.630. The first-order valence-electron chi connectivity index (χ1n) is 10.4. The lowest BCUT2D eigenvalue weighted by molar-refractivity contribution is 0.202. The zero-order chi connectivity index (χ0) is 19.8. The van der Waals surface area contributed by atoms with Gasteiger partial charge in [0.05, 0.1) is 29.3 Å². The molecule has 0 unspecified atom stereocenters. The fourth-order valence-corrected chi connectivity index (χ4v) is 4.45. The SMILES string of the molecule is Cc1cc2n(n1)CCN(Cc1cc3n(n1)CCCN(Cc1cccnc1N)C3)C2. The molecule has 0 aromatic carbocycles. The second-order valence-corrected chi connectivity index (χ2v) is 8.17. The highest BCUT2D eigenvalue weighted by atomic mass is 15.4. The number of pyridine rings is 1. The van der Waals surface area contributed by atoms with E-state index in [9.17, 15) is 0 Å². The number of fused-ring (bicyclic) bond motifs is 2. The van der Waals surface area contributed by atoms with E-state index in [1.807, 2.05) is 6.07 Å². The number of nitrogens with zero attached hydrogens (tertiary/aromatic N) is 7. The maximum absolute atomic E-state index is 6.05. The molecule has 3 aromatic heterocycles. The lowest BCUT2D eigenvalue weighted by Crippen LogP contribution is -2.33. The number of nitrogen functional groups attached to an aromatic ring is 1.